The first-order valence-electron chi connectivity index (χ1n) is 7.22. The topological polar surface area (TPSA) is 40.5 Å². The summed E-state index contributed by atoms with van der Waals surface area (Å²) in [5.74, 6) is 0.357. The van der Waals surface area contributed by atoms with Crippen LogP contribution in [0.4, 0.5) is 0 Å². The van der Waals surface area contributed by atoms with Crippen molar-refractivity contribution in [3.05, 3.63) is 54.6 Å². The average Bonchev–Trinajstić information content (AvgIpc) is 2.54. The van der Waals surface area contributed by atoms with Crippen LogP contribution in [0.15, 0.2) is 54.6 Å². The molecule has 0 saturated carbocycles. The molecular weight excluding hydrogens is 260 g/mol. The summed E-state index contributed by atoms with van der Waals surface area (Å²) in [5.41, 5.74) is 0. The molecule has 0 atom stereocenters. The Balaban J connectivity index is 0.000000298. The quantitative estimate of drug-likeness (QED) is 0.496. The summed E-state index contributed by atoms with van der Waals surface area (Å²) >= 11 is 0. The molecule has 4 rings (SSSR count). The van der Waals surface area contributed by atoms with E-state index in [1.54, 1.807) is 6.07 Å². The zero-order chi connectivity index (χ0) is 14.8. The van der Waals surface area contributed by atoms with Gasteiger partial charge in [0, 0.05) is 17.4 Å². The molecular formula is C19H18O2. The first kappa shape index (κ1) is 13.7. The van der Waals surface area contributed by atoms with Gasteiger partial charge in [0.2, 0.25) is 0 Å². The van der Waals surface area contributed by atoms with Gasteiger partial charge in [0.05, 0.1) is 0 Å². The number of aliphatic hydroxyl groups is 1. The minimum absolute atomic E-state index is 0.319. The smallest absolute Gasteiger partial charge is 0.123 e. The molecule has 4 aromatic rings. The van der Waals surface area contributed by atoms with Gasteiger partial charge in [0.1, 0.15) is 5.75 Å². The molecule has 0 aliphatic heterocycles. The standard InChI is InChI=1S/C16H10O.C3H8O/c17-14-9-7-12-5-4-10-2-1-3-11-6-8-13(14)16(12)15(10)11;1-2-3-4/h1-9,17H;4H,2-3H2,1H3. The molecule has 0 aliphatic carbocycles. The molecule has 106 valence electrons. The van der Waals surface area contributed by atoms with Crippen LogP contribution in [0.3, 0.4) is 0 Å². The van der Waals surface area contributed by atoms with E-state index in [0.717, 1.165) is 11.8 Å². The van der Waals surface area contributed by atoms with Gasteiger partial charge in [-0.05, 0) is 34.0 Å². The van der Waals surface area contributed by atoms with Crippen molar-refractivity contribution in [2.45, 2.75) is 13.3 Å². The summed E-state index contributed by atoms with van der Waals surface area (Å²) < 4.78 is 0. The van der Waals surface area contributed by atoms with Gasteiger partial charge < -0.3 is 10.2 Å². The Morgan fingerprint density at radius 2 is 1.29 bits per heavy atom. The molecule has 0 unspecified atom stereocenters. The Labute approximate surface area is 123 Å². The zero-order valence-corrected chi connectivity index (χ0v) is 12.0. The minimum Gasteiger partial charge on any atom is -0.507 e. The highest BCUT2D eigenvalue weighted by Gasteiger charge is 2.09. The van der Waals surface area contributed by atoms with E-state index in [-0.39, 0.29) is 0 Å². The van der Waals surface area contributed by atoms with Crippen molar-refractivity contribution in [2.75, 3.05) is 6.61 Å². The van der Waals surface area contributed by atoms with Crippen LogP contribution in [0, 0.1) is 0 Å². The maximum atomic E-state index is 9.95. The Kier molecular flexibility index (Phi) is 3.63. The van der Waals surface area contributed by atoms with E-state index in [9.17, 15) is 5.11 Å². The van der Waals surface area contributed by atoms with Gasteiger partial charge in [0.25, 0.3) is 0 Å². The van der Waals surface area contributed by atoms with Gasteiger partial charge in [-0.2, -0.15) is 0 Å². The van der Waals surface area contributed by atoms with Crippen LogP contribution in [0.1, 0.15) is 13.3 Å². The van der Waals surface area contributed by atoms with Crippen LogP contribution in [-0.2, 0) is 0 Å². The van der Waals surface area contributed by atoms with Gasteiger partial charge >= 0.3 is 0 Å². The maximum Gasteiger partial charge on any atom is 0.123 e. The summed E-state index contributed by atoms with van der Waals surface area (Å²) in [6.45, 7) is 2.25. The molecule has 0 aliphatic rings. The summed E-state index contributed by atoms with van der Waals surface area (Å²) in [6, 6.07) is 18.4. The molecule has 2 heteroatoms. The number of phenols is 1. The number of benzene rings is 4. The van der Waals surface area contributed by atoms with Gasteiger partial charge in [0.15, 0.2) is 0 Å². The molecule has 0 bridgehead atoms. The van der Waals surface area contributed by atoms with Crippen molar-refractivity contribution in [1.29, 1.82) is 0 Å². The Morgan fingerprint density at radius 3 is 1.90 bits per heavy atom. The molecule has 0 radical (unpaired) electrons. The third-order valence-corrected chi connectivity index (χ3v) is 3.73. The third-order valence-electron chi connectivity index (χ3n) is 3.73. The van der Waals surface area contributed by atoms with Crippen LogP contribution in [0.5, 0.6) is 5.75 Å². The van der Waals surface area contributed by atoms with E-state index < -0.39 is 0 Å². The average molecular weight is 278 g/mol. The highest BCUT2D eigenvalue weighted by atomic mass is 16.3. The highest BCUT2D eigenvalue weighted by molar-refractivity contribution is 6.23. The first-order chi connectivity index (χ1) is 10.3. The van der Waals surface area contributed by atoms with Crippen molar-refractivity contribution in [2.24, 2.45) is 0 Å². The Morgan fingerprint density at radius 1 is 0.762 bits per heavy atom. The number of aromatic hydroxyl groups is 1. The molecule has 0 heterocycles. The lowest BCUT2D eigenvalue weighted by atomic mass is 9.94. The number of aliphatic hydroxyl groups excluding tert-OH is 1. The fraction of sp³-hybridized carbons (Fsp3) is 0.158. The van der Waals surface area contributed by atoms with E-state index in [4.69, 9.17) is 5.11 Å². The second-order valence-electron chi connectivity index (χ2n) is 5.16. The van der Waals surface area contributed by atoms with Crippen LogP contribution in [0.25, 0.3) is 32.3 Å². The normalized spacial score (nSPS) is 11.0. The van der Waals surface area contributed by atoms with Crippen molar-refractivity contribution in [3.63, 3.8) is 0 Å². The molecule has 0 aromatic heterocycles. The van der Waals surface area contributed by atoms with Gasteiger partial charge in [-0.15, -0.1) is 0 Å². The molecule has 21 heavy (non-hydrogen) atoms. The first-order valence-corrected chi connectivity index (χ1v) is 7.22. The highest BCUT2D eigenvalue weighted by Crippen LogP contribution is 2.37. The summed E-state index contributed by atoms with van der Waals surface area (Å²) in [6.07, 6.45) is 0.875. The zero-order valence-electron chi connectivity index (χ0n) is 12.0. The van der Waals surface area contributed by atoms with E-state index in [0.29, 0.717) is 12.4 Å². The molecule has 0 spiro atoms. The van der Waals surface area contributed by atoms with Crippen molar-refractivity contribution in [1.82, 2.24) is 0 Å². The summed E-state index contributed by atoms with van der Waals surface area (Å²) in [4.78, 5) is 0. The molecule has 0 saturated heterocycles. The summed E-state index contributed by atoms with van der Waals surface area (Å²) in [5, 5.41) is 24.8. The fourth-order valence-corrected chi connectivity index (χ4v) is 2.72. The van der Waals surface area contributed by atoms with Crippen LogP contribution in [-0.4, -0.2) is 16.8 Å². The lowest BCUT2D eigenvalue weighted by molar-refractivity contribution is 0.295. The van der Waals surface area contributed by atoms with Gasteiger partial charge in [-0.25, -0.2) is 0 Å². The van der Waals surface area contributed by atoms with Crippen molar-refractivity contribution < 1.29 is 10.2 Å². The molecule has 0 fully saturated rings. The second-order valence-corrected chi connectivity index (χ2v) is 5.16. The summed E-state index contributed by atoms with van der Waals surface area (Å²) in [7, 11) is 0. The molecule has 2 N–H and O–H groups in total. The van der Waals surface area contributed by atoms with E-state index in [1.165, 1.54) is 26.9 Å². The number of rotatable bonds is 1. The second kappa shape index (κ2) is 5.58. The van der Waals surface area contributed by atoms with Gasteiger partial charge in [-0.1, -0.05) is 55.5 Å². The van der Waals surface area contributed by atoms with Crippen LogP contribution < -0.4 is 0 Å². The fourth-order valence-electron chi connectivity index (χ4n) is 2.72. The SMILES string of the molecule is CCCO.Oc1ccc2ccc3cccc4ccc1c2c34. The van der Waals surface area contributed by atoms with E-state index >= 15 is 0 Å². The third kappa shape index (κ3) is 2.28. The molecule has 4 aromatic carbocycles. The van der Waals surface area contributed by atoms with Crippen LogP contribution >= 0.6 is 0 Å². The van der Waals surface area contributed by atoms with E-state index in [1.807, 2.05) is 19.1 Å². The lowest BCUT2D eigenvalue weighted by Crippen LogP contribution is -1.83. The largest absolute Gasteiger partial charge is 0.507 e. The monoisotopic (exact) mass is 278 g/mol. The van der Waals surface area contributed by atoms with Crippen molar-refractivity contribution >= 4 is 32.3 Å². The molecule has 0 amide bonds. The maximum absolute atomic E-state index is 9.95. The lowest BCUT2D eigenvalue weighted by Gasteiger charge is -2.11. The number of hydrogen-bond acceptors (Lipinski definition) is 2. The minimum atomic E-state index is 0.319. The van der Waals surface area contributed by atoms with Gasteiger partial charge in [-0.3, -0.25) is 0 Å². The van der Waals surface area contributed by atoms with E-state index in [2.05, 4.69) is 36.4 Å². The van der Waals surface area contributed by atoms with Crippen LogP contribution in [0.2, 0.25) is 0 Å². The predicted molar refractivity (Wildman–Crippen MR) is 89.2 cm³/mol. The Hall–Kier alpha value is -2.32. The van der Waals surface area contributed by atoms with Crippen molar-refractivity contribution in [3.8, 4) is 5.75 Å². The predicted octanol–water partition coefficient (Wildman–Crippen LogP) is 4.68. The Bertz CT molecular complexity index is 863. The number of phenolic OH excluding ortho intramolecular Hbond substituents is 1. The number of hydrogen-bond donors (Lipinski definition) is 2. The molecule has 2 nitrogen and oxygen atoms in total.